The predicted octanol–water partition coefficient (Wildman–Crippen LogP) is -3.64. The highest BCUT2D eigenvalue weighted by atomic mass is 16.4. The first-order valence-electron chi connectivity index (χ1n) is 24.4. The fraction of sp³-hybridized carbons (Fsp3) is 0.638. The van der Waals surface area contributed by atoms with Gasteiger partial charge >= 0.3 is 5.97 Å². The maximum atomic E-state index is 14.1. The lowest BCUT2D eigenvalue weighted by atomic mass is 9.99. The van der Waals surface area contributed by atoms with Crippen molar-refractivity contribution < 1.29 is 78.3 Å². The number of hydrogen-bond acceptors (Lipinski definition) is 15. The molecule has 408 valence electrons. The summed E-state index contributed by atoms with van der Waals surface area (Å²) >= 11 is 0. The second-order valence-corrected chi connectivity index (χ2v) is 18.3. The van der Waals surface area contributed by atoms with Crippen molar-refractivity contribution >= 4 is 65.0 Å². The van der Waals surface area contributed by atoms with Crippen molar-refractivity contribution in [3.8, 4) is 5.75 Å². The first-order valence-corrected chi connectivity index (χ1v) is 24.4. The third kappa shape index (κ3) is 23.4. The van der Waals surface area contributed by atoms with Gasteiger partial charge in [0.05, 0.1) is 32.2 Å². The third-order valence-electron chi connectivity index (χ3n) is 12.1. The number of nitrogens with two attached hydrogens (primary N) is 2. The van der Waals surface area contributed by atoms with Crippen molar-refractivity contribution in [2.75, 3.05) is 13.2 Å². The van der Waals surface area contributed by atoms with Gasteiger partial charge in [-0.15, -0.1) is 0 Å². The maximum absolute atomic E-state index is 14.1. The molecule has 1 saturated heterocycles. The van der Waals surface area contributed by atoms with E-state index in [0.29, 0.717) is 24.3 Å². The summed E-state index contributed by atoms with van der Waals surface area (Å²) < 4.78 is 0. The highest BCUT2D eigenvalue weighted by Crippen LogP contribution is 2.17. The molecule has 10 amide bonds. The summed E-state index contributed by atoms with van der Waals surface area (Å²) in [5.41, 5.74) is 11.2. The van der Waals surface area contributed by atoms with Crippen LogP contribution in [0.2, 0.25) is 0 Å². The summed E-state index contributed by atoms with van der Waals surface area (Å²) in [6.07, 6.45) is 1.58. The van der Waals surface area contributed by atoms with Gasteiger partial charge in [-0.2, -0.15) is 0 Å². The van der Waals surface area contributed by atoms with Gasteiger partial charge in [0.1, 0.15) is 48.0 Å². The van der Waals surface area contributed by atoms with Crippen LogP contribution in [0.15, 0.2) is 24.3 Å². The number of rotatable bonds is 22. The first kappa shape index (κ1) is 62.2. The molecule has 0 radical (unpaired) electrons. The molecule has 1 fully saturated rings. The number of primary amides is 2. The van der Waals surface area contributed by atoms with E-state index in [4.69, 9.17) is 11.5 Å². The van der Waals surface area contributed by atoms with Gasteiger partial charge in [-0.25, -0.2) is 0 Å². The summed E-state index contributed by atoms with van der Waals surface area (Å²) in [6.45, 7) is 3.13. The van der Waals surface area contributed by atoms with E-state index in [2.05, 4.69) is 56.4 Å². The normalized spacial score (nSPS) is 24.3. The minimum Gasteiger partial charge on any atom is -0.508 e. The van der Waals surface area contributed by atoms with E-state index in [0.717, 1.165) is 45.4 Å². The van der Waals surface area contributed by atoms with Crippen LogP contribution in [0.3, 0.4) is 0 Å². The number of benzene rings is 1. The van der Waals surface area contributed by atoms with Gasteiger partial charge in [-0.3, -0.25) is 52.7 Å². The van der Waals surface area contributed by atoms with Crippen molar-refractivity contribution in [2.24, 2.45) is 17.4 Å². The van der Waals surface area contributed by atoms with Gasteiger partial charge < -0.3 is 79.5 Å². The summed E-state index contributed by atoms with van der Waals surface area (Å²) in [4.78, 5) is 146. The number of carboxylic acids is 1. The monoisotopic (exact) mass is 1030 g/mol. The lowest BCUT2D eigenvalue weighted by Gasteiger charge is -2.28. The number of aliphatic carboxylic acids is 1. The van der Waals surface area contributed by atoms with Crippen LogP contribution in [-0.4, -0.2) is 158 Å². The molecule has 1 aliphatic rings. The Hall–Kier alpha value is -6.93. The van der Waals surface area contributed by atoms with Crippen LogP contribution < -0.4 is 54.0 Å². The van der Waals surface area contributed by atoms with E-state index in [-0.39, 0.29) is 18.6 Å². The Morgan fingerprint density at radius 3 is 1.56 bits per heavy atom. The second-order valence-electron chi connectivity index (χ2n) is 18.3. The van der Waals surface area contributed by atoms with Crippen LogP contribution >= 0.6 is 0 Å². The van der Waals surface area contributed by atoms with Crippen LogP contribution in [0, 0.1) is 5.92 Å². The first-order chi connectivity index (χ1) is 34.5. The van der Waals surface area contributed by atoms with E-state index in [9.17, 15) is 78.3 Å². The Bertz CT molecular complexity index is 2060. The molecular formula is C47H74N10O16. The lowest BCUT2D eigenvalue weighted by Crippen LogP contribution is -2.62. The van der Waals surface area contributed by atoms with Crippen LogP contribution in [0.4, 0.5) is 0 Å². The zero-order chi connectivity index (χ0) is 54.8. The number of carboxylic acid groups (broad SMARTS) is 1. The Labute approximate surface area is 422 Å². The largest absolute Gasteiger partial charge is 0.508 e. The number of nitrogens with one attached hydrogen (secondary N) is 8. The van der Waals surface area contributed by atoms with Crippen LogP contribution in [-0.2, 0) is 59.2 Å². The molecule has 1 aromatic carbocycles. The number of unbranched alkanes of at least 4 members (excludes halogenated alkanes) is 5. The summed E-state index contributed by atoms with van der Waals surface area (Å²) in [6, 6.07) is -8.62. The molecular weight excluding hydrogens is 961 g/mol. The summed E-state index contributed by atoms with van der Waals surface area (Å²) in [7, 11) is 0. The van der Waals surface area contributed by atoms with Crippen LogP contribution in [0.25, 0.3) is 0 Å². The van der Waals surface area contributed by atoms with E-state index in [1.807, 2.05) is 0 Å². The van der Waals surface area contributed by atoms with Crippen molar-refractivity contribution in [2.45, 2.75) is 172 Å². The Morgan fingerprint density at radius 2 is 1.04 bits per heavy atom. The standard InChI is InChI=1S/C47H74N10O16/c1-4-25(2)11-9-7-5-6-8-10-12-28-20-38(64)51-32(21-36(48)62)43(69)53-31(19-27-13-15-29(61)16-14-27)42(68)54-33(22-37(49)63)44(70)56-34(23-58)45(71)52-30(17-18-39(65)66)41(67)55-35(24-59)46(72)57-40(26(3)60)47(73)50-28/h13-16,25-26,28,30-35,40,58-61H,4-12,17-24H2,1-3H3,(H2,48,62)(H2,49,63)(H,50,73)(H,51,64)(H,52,71)(H,53,69)(H,54,68)(H,55,67)(H,56,70)(H,57,72)(H,65,66)/t25-,26-,28-,30+,31-,32+,33-,34+,35-,40+/m1/s1. The molecule has 0 aliphatic carbocycles. The number of aliphatic hydroxyl groups is 3. The van der Waals surface area contributed by atoms with E-state index in [1.54, 1.807) is 0 Å². The number of carbonyl (C=O) groups is 11. The SMILES string of the molecule is CC[C@@H](C)CCCCCCCC[C@@H]1CC(=O)N[C@@H](CC(N)=O)C(=O)N[C@H](Cc2ccc(O)cc2)C(=O)N[C@H](CC(N)=O)C(=O)N[C@@H](CO)C(=O)N[C@@H](CCC(=O)O)C(=O)N[C@H](CO)C(=O)N[C@@H]([C@@H](C)O)C(=O)N1. The number of phenols is 1. The molecule has 26 heteroatoms. The highest BCUT2D eigenvalue weighted by Gasteiger charge is 2.36. The fourth-order valence-corrected chi connectivity index (χ4v) is 7.63. The quantitative estimate of drug-likeness (QED) is 0.0498. The minimum absolute atomic E-state index is 0.157. The number of hydrogen-bond donors (Lipinski definition) is 15. The summed E-state index contributed by atoms with van der Waals surface area (Å²) in [5, 5.41) is 68.6. The zero-order valence-corrected chi connectivity index (χ0v) is 41.5. The summed E-state index contributed by atoms with van der Waals surface area (Å²) in [5.74, 6) is -12.6. The topological polar surface area (TPSA) is 437 Å². The second kappa shape index (κ2) is 32.2. The van der Waals surface area contributed by atoms with E-state index >= 15 is 0 Å². The van der Waals surface area contributed by atoms with Crippen molar-refractivity contribution in [1.82, 2.24) is 42.5 Å². The Balaban J connectivity index is 2.70. The maximum Gasteiger partial charge on any atom is 0.303 e. The average molecular weight is 1040 g/mol. The van der Waals surface area contributed by atoms with Gasteiger partial charge in [0.2, 0.25) is 59.1 Å². The van der Waals surface area contributed by atoms with Gasteiger partial charge in [0.15, 0.2) is 0 Å². The number of aromatic hydroxyl groups is 1. The third-order valence-corrected chi connectivity index (χ3v) is 12.1. The molecule has 0 saturated carbocycles. The molecule has 1 aliphatic heterocycles. The molecule has 73 heavy (non-hydrogen) atoms. The highest BCUT2D eigenvalue weighted by molar-refractivity contribution is 5.99. The number of phenolic OH excluding ortho intramolecular Hbond substituents is 1. The molecule has 0 aromatic heterocycles. The molecule has 0 spiro atoms. The number of amides is 10. The molecule has 1 aromatic rings. The van der Waals surface area contributed by atoms with E-state index in [1.165, 1.54) is 24.3 Å². The lowest BCUT2D eigenvalue weighted by molar-refractivity contribution is -0.139. The Kier molecular flexibility index (Phi) is 27.4. The van der Waals surface area contributed by atoms with E-state index < -0.39 is 165 Å². The number of aliphatic hydroxyl groups excluding tert-OH is 3. The van der Waals surface area contributed by atoms with Gasteiger partial charge in [0.25, 0.3) is 0 Å². The number of carbonyl (C=O) groups excluding carboxylic acids is 10. The van der Waals surface area contributed by atoms with Gasteiger partial charge in [-0.05, 0) is 43.4 Å². The minimum atomic E-state index is -1.98. The predicted molar refractivity (Wildman–Crippen MR) is 259 cm³/mol. The molecule has 1 heterocycles. The van der Waals surface area contributed by atoms with Crippen LogP contribution in [0.5, 0.6) is 5.75 Å². The molecule has 0 unspecified atom stereocenters. The fourth-order valence-electron chi connectivity index (χ4n) is 7.63. The smallest absolute Gasteiger partial charge is 0.303 e. The zero-order valence-electron chi connectivity index (χ0n) is 41.5. The van der Waals surface area contributed by atoms with Gasteiger partial charge in [-0.1, -0.05) is 77.3 Å². The van der Waals surface area contributed by atoms with Crippen molar-refractivity contribution in [3.63, 3.8) is 0 Å². The van der Waals surface area contributed by atoms with Crippen molar-refractivity contribution in [3.05, 3.63) is 29.8 Å². The molecule has 26 nitrogen and oxygen atoms in total. The Morgan fingerprint density at radius 1 is 0.589 bits per heavy atom. The van der Waals surface area contributed by atoms with Crippen molar-refractivity contribution in [1.29, 1.82) is 0 Å². The average Bonchev–Trinajstić information content (AvgIpc) is 3.32. The molecule has 2 rings (SSSR count). The van der Waals surface area contributed by atoms with Crippen LogP contribution in [0.1, 0.15) is 116 Å². The molecule has 10 atom stereocenters. The van der Waals surface area contributed by atoms with Gasteiger partial charge in [0, 0.05) is 25.3 Å². The molecule has 0 bridgehead atoms. The molecule has 17 N–H and O–H groups in total.